The molecule has 3 N–H and O–H groups in total. The number of carbonyl (C=O) groups excluding carboxylic acids is 1. The van der Waals surface area contributed by atoms with E-state index in [-0.39, 0.29) is 11.6 Å². The first-order chi connectivity index (χ1) is 17.2. The molecule has 1 amide bonds. The molecule has 4 aromatic heterocycles. The second-order valence-corrected chi connectivity index (χ2v) is 9.05. The molecule has 1 atom stereocenters. The zero-order valence-electron chi connectivity index (χ0n) is 19.8. The molecule has 1 fully saturated rings. The summed E-state index contributed by atoms with van der Waals surface area (Å²) in [5.74, 6) is -0.301. The zero-order chi connectivity index (χ0) is 25.4. The maximum Gasteiger partial charge on any atom is 0.408 e. The van der Waals surface area contributed by atoms with Gasteiger partial charge in [-0.3, -0.25) is 4.79 Å². The van der Waals surface area contributed by atoms with Gasteiger partial charge in [-0.1, -0.05) is 0 Å². The Morgan fingerprint density at radius 2 is 2.03 bits per heavy atom. The first kappa shape index (κ1) is 24.0. The molecule has 1 saturated carbocycles. The van der Waals surface area contributed by atoms with E-state index < -0.39 is 18.1 Å². The number of H-pyrrole nitrogens is 1. The maximum atomic E-state index is 12.9. The predicted octanol–water partition coefficient (Wildman–Crippen LogP) is 4.32. The number of carbonyl (C=O) groups is 1. The minimum atomic E-state index is -4.54. The van der Waals surface area contributed by atoms with Crippen LogP contribution in [0.2, 0.25) is 0 Å². The minimum Gasteiger partial charge on any atom is -0.381 e. The fourth-order valence-corrected chi connectivity index (χ4v) is 4.52. The van der Waals surface area contributed by atoms with Gasteiger partial charge in [0.05, 0.1) is 23.4 Å². The van der Waals surface area contributed by atoms with E-state index in [1.165, 1.54) is 10.7 Å². The van der Waals surface area contributed by atoms with Crippen molar-refractivity contribution in [2.45, 2.75) is 57.0 Å². The maximum absolute atomic E-state index is 12.9. The molecule has 4 heterocycles. The Hall–Kier alpha value is -3.67. The van der Waals surface area contributed by atoms with E-state index >= 15 is 0 Å². The van der Waals surface area contributed by atoms with Gasteiger partial charge in [0, 0.05) is 42.7 Å². The Bertz CT molecular complexity index is 1390. The molecular weight excluding hydrogens is 475 g/mol. The van der Waals surface area contributed by atoms with E-state index in [1.54, 1.807) is 31.8 Å². The average molecular weight is 502 g/mol. The number of fused-ring (bicyclic) bond motifs is 2. The van der Waals surface area contributed by atoms with Crippen LogP contribution in [0.3, 0.4) is 0 Å². The number of pyridine rings is 1. The summed E-state index contributed by atoms with van der Waals surface area (Å²) in [5, 5.41) is 10.3. The lowest BCUT2D eigenvalue weighted by Crippen LogP contribution is -2.43. The highest BCUT2D eigenvalue weighted by Crippen LogP contribution is 2.30. The first-order valence-corrected chi connectivity index (χ1v) is 11.7. The number of aromatic amines is 1. The van der Waals surface area contributed by atoms with E-state index in [2.05, 4.69) is 25.4 Å². The van der Waals surface area contributed by atoms with Crippen LogP contribution in [0.4, 0.5) is 19.1 Å². The SMILES string of the molecule is COC1CCC(Nc2ncc3c(-c4ccn5ncc(C(=O)NC(C)C(F)(F)F)c5c4)c[nH]c3n2)CC1. The average Bonchev–Trinajstić information content (AvgIpc) is 3.47. The molecule has 1 aliphatic carbocycles. The first-order valence-electron chi connectivity index (χ1n) is 11.7. The molecule has 5 rings (SSSR count). The fraction of sp³-hybridized carbons (Fsp3) is 0.417. The van der Waals surface area contributed by atoms with E-state index in [1.807, 2.05) is 11.4 Å². The van der Waals surface area contributed by atoms with Gasteiger partial charge in [0.25, 0.3) is 5.91 Å². The lowest BCUT2D eigenvalue weighted by molar-refractivity contribution is -0.149. The molecule has 0 bridgehead atoms. The van der Waals surface area contributed by atoms with E-state index in [4.69, 9.17) is 4.74 Å². The monoisotopic (exact) mass is 501 g/mol. The number of rotatable bonds is 6. The molecule has 190 valence electrons. The molecule has 4 aromatic rings. The summed E-state index contributed by atoms with van der Waals surface area (Å²) in [4.78, 5) is 24.8. The van der Waals surface area contributed by atoms with Gasteiger partial charge < -0.3 is 20.4 Å². The molecule has 0 saturated heterocycles. The fourth-order valence-electron chi connectivity index (χ4n) is 4.52. The molecule has 1 aliphatic rings. The highest BCUT2D eigenvalue weighted by atomic mass is 19.4. The van der Waals surface area contributed by atoms with Crippen molar-refractivity contribution < 1.29 is 22.7 Å². The summed E-state index contributed by atoms with van der Waals surface area (Å²) in [5.41, 5.74) is 2.64. The number of aromatic nitrogens is 5. The lowest BCUT2D eigenvalue weighted by atomic mass is 9.93. The molecule has 9 nitrogen and oxygen atoms in total. The second kappa shape index (κ2) is 9.41. The number of ether oxygens (including phenoxy) is 1. The number of anilines is 1. The smallest absolute Gasteiger partial charge is 0.381 e. The van der Waals surface area contributed by atoms with Crippen LogP contribution in [0.15, 0.2) is 36.9 Å². The second-order valence-electron chi connectivity index (χ2n) is 9.05. The molecule has 0 aliphatic heterocycles. The molecular formula is C24H26F3N7O2. The number of halogens is 3. The van der Waals surface area contributed by atoms with Gasteiger partial charge in [0.1, 0.15) is 11.7 Å². The largest absolute Gasteiger partial charge is 0.408 e. The van der Waals surface area contributed by atoms with Crippen molar-refractivity contribution in [2.24, 2.45) is 0 Å². The van der Waals surface area contributed by atoms with Crippen molar-refractivity contribution in [1.29, 1.82) is 0 Å². The van der Waals surface area contributed by atoms with Crippen molar-refractivity contribution >= 4 is 28.4 Å². The summed E-state index contributed by atoms with van der Waals surface area (Å²) in [6.07, 6.45) is 6.17. The Morgan fingerprint density at radius 3 is 2.75 bits per heavy atom. The summed E-state index contributed by atoms with van der Waals surface area (Å²) >= 11 is 0. The molecule has 0 radical (unpaired) electrons. The highest BCUT2D eigenvalue weighted by Gasteiger charge is 2.37. The third-order valence-corrected chi connectivity index (χ3v) is 6.69. The summed E-state index contributed by atoms with van der Waals surface area (Å²) < 4.78 is 45.6. The van der Waals surface area contributed by atoms with E-state index in [0.717, 1.165) is 49.1 Å². The number of nitrogens with zero attached hydrogens (tertiary/aromatic N) is 4. The van der Waals surface area contributed by atoms with Crippen LogP contribution in [-0.4, -0.2) is 61.9 Å². The predicted molar refractivity (Wildman–Crippen MR) is 128 cm³/mol. The van der Waals surface area contributed by atoms with Gasteiger partial charge in [-0.25, -0.2) is 9.50 Å². The summed E-state index contributed by atoms with van der Waals surface area (Å²) in [7, 11) is 1.74. The third-order valence-electron chi connectivity index (χ3n) is 6.69. The highest BCUT2D eigenvalue weighted by molar-refractivity contribution is 6.02. The zero-order valence-corrected chi connectivity index (χ0v) is 19.8. The van der Waals surface area contributed by atoms with E-state index in [0.29, 0.717) is 23.2 Å². The number of methoxy groups -OCH3 is 1. The minimum absolute atomic E-state index is 0.0544. The number of hydrogen-bond acceptors (Lipinski definition) is 6. The Labute approximate surface area is 204 Å². The van der Waals surface area contributed by atoms with Crippen LogP contribution in [0, 0.1) is 0 Å². The Balaban J connectivity index is 1.38. The molecule has 0 spiro atoms. The van der Waals surface area contributed by atoms with Crippen LogP contribution in [0.25, 0.3) is 27.7 Å². The van der Waals surface area contributed by atoms with Crippen molar-refractivity contribution in [2.75, 3.05) is 12.4 Å². The summed E-state index contributed by atoms with van der Waals surface area (Å²) in [6.45, 7) is 0.898. The van der Waals surface area contributed by atoms with Crippen LogP contribution in [0.5, 0.6) is 0 Å². The lowest BCUT2D eigenvalue weighted by Gasteiger charge is -2.28. The summed E-state index contributed by atoms with van der Waals surface area (Å²) in [6, 6.07) is 1.83. The van der Waals surface area contributed by atoms with Crippen LogP contribution in [0.1, 0.15) is 43.0 Å². The van der Waals surface area contributed by atoms with Crippen LogP contribution >= 0.6 is 0 Å². The van der Waals surface area contributed by atoms with Gasteiger partial charge >= 0.3 is 6.18 Å². The standard InChI is InChI=1S/C24H26F3N7O2/c1-13(24(25,26)27)31-22(35)19-12-30-34-8-7-14(9-20(19)34)17-10-28-21-18(17)11-29-23(33-21)32-15-3-5-16(36-2)6-4-15/h7-13,15-16H,3-6H2,1-2H3,(H,31,35)(H2,28,29,32,33). The number of nitrogens with one attached hydrogen (secondary N) is 3. The van der Waals surface area contributed by atoms with Gasteiger partial charge in [-0.15, -0.1) is 0 Å². The molecule has 36 heavy (non-hydrogen) atoms. The molecule has 0 aromatic carbocycles. The van der Waals surface area contributed by atoms with Gasteiger partial charge in [0.15, 0.2) is 0 Å². The topological polar surface area (TPSA) is 109 Å². The number of alkyl halides is 3. The van der Waals surface area contributed by atoms with Crippen LogP contribution < -0.4 is 10.6 Å². The normalized spacial score (nSPS) is 19.5. The quantitative estimate of drug-likeness (QED) is 0.363. The molecule has 1 unspecified atom stereocenters. The van der Waals surface area contributed by atoms with Crippen molar-refractivity contribution in [3.8, 4) is 11.1 Å². The van der Waals surface area contributed by atoms with Gasteiger partial charge in [-0.05, 0) is 50.3 Å². The van der Waals surface area contributed by atoms with Crippen molar-refractivity contribution in [3.63, 3.8) is 0 Å². The molecule has 12 heteroatoms. The Kier molecular flexibility index (Phi) is 6.29. The van der Waals surface area contributed by atoms with Crippen molar-refractivity contribution in [1.82, 2.24) is 29.9 Å². The number of hydrogen-bond donors (Lipinski definition) is 3. The van der Waals surface area contributed by atoms with Gasteiger partial charge in [-0.2, -0.15) is 23.3 Å². The number of amides is 1. The van der Waals surface area contributed by atoms with Crippen LogP contribution in [-0.2, 0) is 4.74 Å². The van der Waals surface area contributed by atoms with Gasteiger partial charge in [0.2, 0.25) is 5.95 Å². The van der Waals surface area contributed by atoms with Crippen molar-refractivity contribution in [3.05, 3.63) is 42.5 Å². The third kappa shape index (κ3) is 4.72. The Morgan fingerprint density at radius 1 is 1.25 bits per heavy atom. The van der Waals surface area contributed by atoms with E-state index in [9.17, 15) is 18.0 Å².